The number of hydrogen-bond acceptors (Lipinski definition) is 4. The zero-order chi connectivity index (χ0) is 18.1. The second-order valence-electron chi connectivity index (χ2n) is 7.26. The number of aryl methyl sites for hydroxylation is 2. The topological polar surface area (TPSA) is 43.6 Å². The summed E-state index contributed by atoms with van der Waals surface area (Å²) in [4.78, 5) is 14.4. The summed E-state index contributed by atoms with van der Waals surface area (Å²) in [7, 11) is 0. The molecule has 0 unspecified atom stereocenters. The fourth-order valence-corrected chi connectivity index (χ4v) is 5.03. The molecule has 3 aromatic rings. The maximum atomic E-state index is 4.87. The van der Waals surface area contributed by atoms with Crippen LogP contribution < -0.4 is 0 Å². The first-order valence-electron chi connectivity index (χ1n) is 9.54. The molecule has 26 heavy (non-hydrogen) atoms. The van der Waals surface area contributed by atoms with Crippen LogP contribution in [0.2, 0.25) is 0 Å². The maximum absolute atomic E-state index is 4.87. The summed E-state index contributed by atoms with van der Waals surface area (Å²) in [6, 6.07) is 8.70. The molecule has 2 aromatic heterocycles. The van der Waals surface area contributed by atoms with E-state index in [0.29, 0.717) is 6.04 Å². The molecule has 1 fully saturated rings. The molecule has 0 radical (unpaired) electrons. The normalized spacial score (nSPS) is 15.7. The quantitative estimate of drug-likeness (QED) is 0.568. The Bertz CT molecular complexity index is 925. The highest BCUT2D eigenvalue weighted by Crippen LogP contribution is 2.35. The number of hydrogen-bond donors (Lipinski definition) is 0. The summed E-state index contributed by atoms with van der Waals surface area (Å²) >= 11 is 1.80. The molecule has 0 saturated heterocycles. The van der Waals surface area contributed by atoms with Gasteiger partial charge in [-0.05, 0) is 45.7 Å². The number of aromatic nitrogens is 4. The number of nitrogens with zero attached hydrogens (tertiary/aromatic N) is 4. The molecule has 0 amide bonds. The molecule has 0 spiro atoms. The summed E-state index contributed by atoms with van der Waals surface area (Å²) in [5, 5.41) is 1.14. The molecule has 1 aromatic carbocycles. The summed E-state index contributed by atoms with van der Waals surface area (Å²) in [5.41, 5.74) is 6.48. The van der Waals surface area contributed by atoms with Crippen LogP contribution in [0.1, 0.15) is 60.9 Å². The van der Waals surface area contributed by atoms with Gasteiger partial charge in [-0.3, -0.25) is 0 Å². The van der Waals surface area contributed by atoms with Crippen molar-refractivity contribution in [2.24, 2.45) is 0 Å². The van der Waals surface area contributed by atoms with E-state index in [1.54, 1.807) is 11.8 Å². The Morgan fingerprint density at radius 2 is 1.62 bits per heavy atom. The van der Waals surface area contributed by atoms with Gasteiger partial charge in [-0.1, -0.05) is 43.2 Å². The zero-order valence-electron chi connectivity index (χ0n) is 15.8. The lowest BCUT2D eigenvalue weighted by Gasteiger charge is -2.26. The van der Waals surface area contributed by atoms with E-state index in [9.17, 15) is 0 Å². The Kier molecular flexibility index (Phi) is 4.98. The van der Waals surface area contributed by atoms with E-state index < -0.39 is 0 Å². The van der Waals surface area contributed by atoms with Crippen LogP contribution >= 0.6 is 11.8 Å². The molecule has 4 rings (SSSR count). The molecule has 5 heteroatoms. The fraction of sp³-hybridized carbons (Fsp3) is 0.476. The molecule has 2 heterocycles. The van der Waals surface area contributed by atoms with Crippen molar-refractivity contribution >= 4 is 22.8 Å². The van der Waals surface area contributed by atoms with Gasteiger partial charge < -0.3 is 4.57 Å². The molecule has 0 N–H and O–H groups in total. The first-order valence-corrected chi connectivity index (χ1v) is 10.5. The number of imidazole rings is 1. The minimum atomic E-state index is 0.608. The van der Waals surface area contributed by atoms with Gasteiger partial charge in [0, 0.05) is 17.5 Å². The van der Waals surface area contributed by atoms with E-state index in [0.717, 1.165) is 39.0 Å². The van der Waals surface area contributed by atoms with Crippen LogP contribution in [-0.4, -0.2) is 19.5 Å². The lowest BCUT2D eigenvalue weighted by molar-refractivity contribution is 0.332. The third kappa shape index (κ3) is 3.37. The van der Waals surface area contributed by atoms with E-state index in [1.807, 2.05) is 24.3 Å². The Balaban J connectivity index is 1.60. The fourth-order valence-electron chi connectivity index (χ4n) is 3.86. The Labute approximate surface area is 159 Å². The Morgan fingerprint density at radius 3 is 2.35 bits per heavy atom. The monoisotopic (exact) mass is 366 g/mol. The van der Waals surface area contributed by atoms with Gasteiger partial charge in [0.05, 0.1) is 28.1 Å². The Hall–Kier alpha value is -1.88. The number of fused-ring (bicyclic) bond motifs is 1. The summed E-state index contributed by atoms with van der Waals surface area (Å²) in [5.74, 6) is 0.812. The lowest BCUT2D eigenvalue weighted by Crippen LogP contribution is -2.15. The minimum absolute atomic E-state index is 0.608. The lowest BCUT2D eigenvalue weighted by atomic mass is 9.95. The molecule has 4 nitrogen and oxygen atoms in total. The second kappa shape index (κ2) is 7.39. The molecule has 0 bridgehead atoms. The summed E-state index contributed by atoms with van der Waals surface area (Å²) in [6.07, 6.45) is 6.59. The van der Waals surface area contributed by atoms with Crippen LogP contribution in [0, 0.1) is 20.8 Å². The SMILES string of the molecule is Cc1nc2ccccc2nc1CSc1nc(C)c(C)n1C1CCCCC1. The number of benzene rings is 1. The van der Waals surface area contributed by atoms with Crippen LogP contribution in [0.4, 0.5) is 0 Å². The highest BCUT2D eigenvalue weighted by Gasteiger charge is 2.22. The standard InChI is InChI=1S/C21H26N4S/c1-14-16(3)25(17-9-5-4-6-10-17)21(23-14)26-13-20-15(2)22-18-11-7-8-12-19(18)24-20/h7-8,11-12,17H,4-6,9-10,13H2,1-3H3. The Morgan fingerprint density at radius 1 is 0.923 bits per heavy atom. The first kappa shape index (κ1) is 17.5. The zero-order valence-corrected chi connectivity index (χ0v) is 16.6. The number of rotatable bonds is 4. The minimum Gasteiger partial charge on any atom is -0.320 e. The van der Waals surface area contributed by atoms with Gasteiger partial charge in [0.2, 0.25) is 0 Å². The van der Waals surface area contributed by atoms with Crippen molar-refractivity contribution in [2.75, 3.05) is 0 Å². The van der Waals surface area contributed by atoms with E-state index in [-0.39, 0.29) is 0 Å². The molecule has 0 aliphatic heterocycles. The van der Waals surface area contributed by atoms with Crippen molar-refractivity contribution in [2.45, 2.75) is 69.8 Å². The average Bonchev–Trinajstić information content (AvgIpc) is 2.94. The molecule has 136 valence electrons. The van der Waals surface area contributed by atoms with Crippen molar-refractivity contribution in [1.29, 1.82) is 0 Å². The van der Waals surface area contributed by atoms with Gasteiger partial charge >= 0.3 is 0 Å². The van der Waals surface area contributed by atoms with E-state index >= 15 is 0 Å². The molecular weight excluding hydrogens is 340 g/mol. The first-order chi connectivity index (χ1) is 12.6. The molecule has 1 aliphatic carbocycles. The largest absolute Gasteiger partial charge is 0.320 e. The third-order valence-electron chi connectivity index (χ3n) is 5.48. The van der Waals surface area contributed by atoms with Gasteiger partial charge in [-0.25, -0.2) is 15.0 Å². The summed E-state index contributed by atoms with van der Waals surface area (Å²) in [6.45, 7) is 6.39. The van der Waals surface area contributed by atoms with Crippen molar-refractivity contribution in [3.05, 3.63) is 47.0 Å². The predicted molar refractivity (Wildman–Crippen MR) is 108 cm³/mol. The van der Waals surface area contributed by atoms with Crippen molar-refractivity contribution in [3.8, 4) is 0 Å². The predicted octanol–water partition coefficient (Wildman–Crippen LogP) is 5.55. The van der Waals surface area contributed by atoms with Gasteiger partial charge in [-0.2, -0.15) is 0 Å². The van der Waals surface area contributed by atoms with Gasteiger partial charge in [-0.15, -0.1) is 0 Å². The molecule has 1 saturated carbocycles. The highest BCUT2D eigenvalue weighted by molar-refractivity contribution is 7.98. The van der Waals surface area contributed by atoms with Crippen molar-refractivity contribution in [1.82, 2.24) is 19.5 Å². The van der Waals surface area contributed by atoms with Crippen LogP contribution in [0.25, 0.3) is 11.0 Å². The van der Waals surface area contributed by atoms with Gasteiger partial charge in [0.25, 0.3) is 0 Å². The van der Waals surface area contributed by atoms with Crippen LogP contribution in [-0.2, 0) is 5.75 Å². The number of thioether (sulfide) groups is 1. The third-order valence-corrected chi connectivity index (χ3v) is 6.44. The maximum Gasteiger partial charge on any atom is 0.169 e. The van der Waals surface area contributed by atoms with Gasteiger partial charge in [0.1, 0.15) is 0 Å². The molecule has 0 atom stereocenters. The summed E-state index contributed by atoms with van der Waals surface area (Å²) < 4.78 is 2.49. The van der Waals surface area contributed by atoms with E-state index in [1.165, 1.54) is 37.8 Å². The number of para-hydroxylation sites is 2. The van der Waals surface area contributed by atoms with Crippen LogP contribution in [0.5, 0.6) is 0 Å². The van der Waals surface area contributed by atoms with Crippen LogP contribution in [0.15, 0.2) is 29.4 Å². The van der Waals surface area contributed by atoms with Crippen molar-refractivity contribution in [3.63, 3.8) is 0 Å². The van der Waals surface area contributed by atoms with E-state index in [4.69, 9.17) is 15.0 Å². The second-order valence-corrected chi connectivity index (χ2v) is 8.20. The van der Waals surface area contributed by atoms with E-state index in [2.05, 4.69) is 25.3 Å². The van der Waals surface area contributed by atoms with Gasteiger partial charge in [0.15, 0.2) is 5.16 Å². The molecular formula is C21H26N4S. The highest BCUT2D eigenvalue weighted by atomic mass is 32.2. The smallest absolute Gasteiger partial charge is 0.169 e. The molecule has 1 aliphatic rings. The average molecular weight is 367 g/mol. The van der Waals surface area contributed by atoms with Crippen molar-refractivity contribution < 1.29 is 0 Å². The van der Waals surface area contributed by atoms with Crippen LogP contribution in [0.3, 0.4) is 0 Å².